The van der Waals surface area contributed by atoms with Gasteiger partial charge in [-0.1, -0.05) is 6.07 Å². The lowest BCUT2D eigenvalue weighted by Gasteiger charge is -2.22. The fourth-order valence-electron chi connectivity index (χ4n) is 3.28. The number of hydrogen-bond acceptors (Lipinski definition) is 4. The first-order valence-corrected chi connectivity index (χ1v) is 6.71. The third-order valence-electron chi connectivity index (χ3n) is 4.22. The highest BCUT2D eigenvalue weighted by atomic mass is 16.7. The van der Waals surface area contributed by atoms with Crippen LogP contribution in [0.5, 0.6) is 11.5 Å². The molecule has 1 aromatic carbocycles. The Bertz CT molecular complexity index is 531. The summed E-state index contributed by atoms with van der Waals surface area (Å²) in [6.07, 6.45) is 1.69. The van der Waals surface area contributed by atoms with E-state index in [9.17, 15) is 4.79 Å². The number of likely N-dealkylation sites (tertiary alicyclic amines) is 1. The Morgan fingerprint density at radius 2 is 2.21 bits per heavy atom. The standard InChI is InChI=1S/C14H16N2O3/c17-14-6-11-10(15-14)3-4-16(11)7-9-1-2-12-13(5-9)19-8-18-12/h1-2,5,10-11H,3-4,6-8H2,(H,15,17)/t10-,11+/m1/s1. The summed E-state index contributed by atoms with van der Waals surface area (Å²) < 4.78 is 10.7. The molecule has 1 aromatic rings. The predicted molar refractivity (Wildman–Crippen MR) is 67.9 cm³/mol. The average molecular weight is 260 g/mol. The van der Waals surface area contributed by atoms with Crippen LogP contribution in [-0.4, -0.2) is 36.2 Å². The van der Waals surface area contributed by atoms with Crippen LogP contribution >= 0.6 is 0 Å². The molecule has 1 N–H and O–H groups in total. The highest BCUT2D eigenvalue weighted by Crippen LogP contribution is 2.34. The number of carbonyl (C=O) groups is 1. The first-order valence-electron chi connectivity index (χ1n) is 6.71. The van der Waals surface area contributed by atoms with E-state index in [-0.39, 0.29) is 5.91 Å². The van der Waals surface area contributed by atoms with E-state index in [0.717, 1.165) is 31.0 Å². The molecule has 0 radical (unpaired) electrons. The SMILES string of the molecule is O=C1C[C@H]2[C@@H](CCN2Cc2ccc3c(c2)OCO3)N1. The van der Waals surface area contributed by atoms with E-state index in [1.807, 2.05) is 12.1 Å². The van der Waals surface area contributed by atoms with Gasteiger partial charge in [0.15, 0.2) is 11.5 Å². The van der Waals surface area contributed by atoms with Gasteiger partial charge < -0.3 is 14.8 Å². The van der Waals surface area contributed by atoms with Crippen molar-refractivity contribution in [3.8, 4) is 11.5 Å². The van der Waals surface area contributed by atoms with Crippen LogP contribution in [-0.2, 0) is 11.3 Å². The van der Waals surface area contributed by atoms with Crippen LogP contribution in [0.1, 0.15) is 18.4 Å². The molecule has 0 saturated carbocycles. The van der Waals surface area contributed by atoms with E-state index >= 15 is 0 Å². The van der Waals surface area contributed by atoms with Crippen LogP contribution in [0.3, 0.4) is 0 Å². The molecule has 3 aliphatic rings. The van der Waals surface area contributed by atoms with Crippen molar-refractivity contribution in [3.63, 3.8) is 0 Å². The second kappa shape index (κ2) is 4.13. The molecule has 0 aliphatic carbocycles. The molecule has 2 saturated heterocycles. The molecule has 3 aliphatic heterocycles. The van der Waals surface area contributed by atoms with Gasteiger partial charge in [-0.05, 0) is 24.1 Å². The normalized spacial score (nSPS) is 28.5. The summed E-state index contributed by atoms with van der Waals surface area (Å²) in [5.74, 6) is 1.83. The maximum atomic E-state index is 11.4. The van der Waals surface area contributed by atoms with Crippen molar-refractivity contribution in [1.82, 2.24) is 10.2 Å². The number of carbonyl (C=O) groups excluding carboxylic acids is 1. The summed E-state index contributed by atoms with van der Waals surface area (Å²) in [5.41, 5.74) is 1.21. The zero-order valence-electron chi connectivity index (χ0n) is 10.6. The van der Waals surface area contributed by atoms with Gasteiger partial charge in [0.1, 0.15) is 0 Å². The fraction of sp³-hybridized carbons (Fsp3) is 0.500. The minimum absolute atomic E-state index is 0.186. The number of benzene rings is 1. The lowest BCUT2D eigenvalue weighted by molar-refractivity contribution is -0.119. The molecular weight excluding hydrogens is 244 g/mol. The summed E-state index contributed by atoms with van der Waals surface area (Å²) in [6, 6.07) is 6.79. The number of nitrogens with one attached hydrogen (secondary N) is 1. The Morgan fingerprint density at radius 3 is 3.16 bits per heavy atom. The summed E-state index contributed by atoms with van der Waals surface area (Å²) in [5, 5.41) is 3.05. The van der Waals surface area contributed by atoms with Gasteiger partial charge >= 0.3 is 0 Å². The lowest BCUT2D eigenvalue weighted by atomic mass is 10.1. The van der Waals surface area contributed by atoms with E-state index in [1.54, 1.807) is 0 Å². The van der Waals surface area contributed by atoms with Gasteiger partial charge in [0.2, 0.25) is 12.7 Å². The van der Waals surface area contributed by atoms with E-state index in [1.165, 1.54) is 5.56 Å². The Morgan fingerprint density at radius 1 is 1.32 bits per heavy atom. The Labute approximate surface area is 111 Å². The molecule has 4 rings (SSSR count). The molecule has 3 heterocycles. The zero-order valence-corrected chi connectivity index (χ0v) is 10.6. The summed E-state index contributed by atoms with van der Waals surface area (Å²) >= 11 is 0. The van der Waals surface area contributed by atoms with Crippen molar-refractivity contribution < 1.29 is 14.3 Å². The Kier molecular flexibility index (Phi) is 2.41. The molecule has 0 aromatic heterocycles. The third kappa shape index (κ3) is 1.85. The highest BCUT2D eigenvalue weighted by Gasteiger charge is 2.41. The van der Waals surface area contributed by atoms with Crippen molar-refractivity contribution in [2.75, 3.05) is 13.3 Å². The quantitative estimate of drug-likeness (QED) is 0.857. The number of fused-ring (bicyclic) bond motifs is 2. The number of nitrogens with zero attached hydrogens (tertiary/aromatic N) is 1. The van der Waals surface area contributed by atoms with Crippen LogP contribution in [0.25, 0.3) is 0 Å². The van der Waals surface area contributed by atoms with Gasteiger partial charge in [-0.2, -0.15) is 0 Å². The van der Waals surface area contributed by atoms with Crippen molar-refractivity contribution in [3.05, 3.63) is 23.8 Å². The summed E-state index contributed by atoms with van der Waals surface area (Å²) in [7, 11) is 0. The van der Waals surface area contributed by atoms with Gasteiger partial charge in [-0.15, -0.1) is 0 Å². The molecule has 1 amide bonds. The third-order valence-corrected chi connectivity index (χ3v) is 4.22. The zero-order chi connectivity index (χ0) is 12.8. The number of ether oxygens (including phenoxy) is 2. The number of rotatable bonds is 2. The molecule has 100 valence electrons. The predicted octanol–water partition coefficient (Wildman–Crippen LogP) is 0.878. The van der Waals surface area contributed by atoms with Crippen LogP contribution in [0.4, 0.5) is 0 Å². The smallest absolute Gasteiger partial charge is 0.231 e. The van der Waals surface area contributed by atoms with E-state index in [4.69, 9.17) is 9.47 Å². The molecule has 19 heavy (non-hydrogen) atoms. The minimum atomic E-state index is 0.186. The molecule has 0 unspecified atom stereocenters. The maximum absolute atomic E-state index is 11.4. The van der Waals surface area contributed by atoms with Gasteiger partial charge in [0.05, 0.1) is 0 Å². The Balaban J connectivity index is 1.51. The largest absolute Gasteiger partial charge is 0.454 e. The number of hydrogen-bond donors (Lipinski definition) is 1. The van der Waals surface area contributed by atoms with Gasteiger partial charge in [-0.25, -0.2) is 0 Å². The van der Waals surface area contributed by atoms with Crippen molar-refractivity contribution in [1.29, 1.82) is 0 Å². The van der Waals surface area contributed by atoms with Crippen LogP contribution in [0.15, 0.2) is 18.2 Å². The van der Waals surface area contributed by atoms with Crippen LogP contribution in [0.2, 0.25) is 0 Å². The molecule has 0 bridgehead atoms. The minimum Gasteiger partial charge on any atom is -0.454 e. The van der Waals surface area contributed by atoms with E-state index < -0.39 is 0 Å². The molecule has 5 heteroatoms. The second-order valence-corrected chi connectivity index (χ2v) is 5.39. The van der Waals surface area contributed by atoms with Gasteiger partial charge in [0, 0.05) is 31.6 Å². The van der Waals surface area contributed by atoms with Gasteiger partial charge in [0.25, 0.3) is 0 Å². The fourth-order valence-corrected chi connectivity index (χ4v) is 3.28. The molecular formula is C14H16N2O3. The van der Waals surface area contributed by atoms with Crippen LogP contribution in [0, 0.1) is 0 Å². The highest BCUT2D eigenvalue weighted by molar-refractivity contribution is 5.80. The van der Waals surface area contributed by atoms with Crippen LogP contribution < -0.4 is 14.8 Å². The maximum Gasteiger partial charge on any atom is 0.231 e. The molecule has 2 fully saturated rings. The van der Waals surface area contributed by atoms with Crippen molar-refractivity contribution in [2.24, 2.45) is 0 Å². The Hall–Kier alpha value is -1.75. The molecule has 5 nitrogen and oxygen atoms in total. The van der Waals surface area contributed by atoms with Crippen molar-refractivity contribution >= 4 is 5.91 Å². The van der Waals surface area contributed by atoms with Crippen molar-refractivity contribution in [2.45, 2.75) is 31.5 Å². The monoisotopic (exact) mass is 260 g/mol. The first-order chi connectivity index (χ1) is 9.29. The topological polar surface area (TPSA) is 50.8 Å². The summed E-state index contributed by atoms with van der Waals surface area (Å²) in [6.45, 7) is 2.22. The number of amides is 1. The average Bonchev–Trinajstić information content (AvgIpc) is 3.06. The molecule has 0 spiro atoms. The van der Waals surface area contributed by atoms with E-state index in [2.05, 4.69) is 16.3 Å². The first kappa shape index (κ1) is 11.1. The summed E-state index contributed by atoms with van der Waals surface area (Å²) in [4.78, 5) is 13.8. The van der Waals surface area contributed by atoms with Gasteiger partial charge in [-0.3, -0.25) is 9.69 Å². The second-order valence-electron chi connectivity index (χ2n) is 5.39. The van der Waals surface area contributed by atoms with E-state index in [0.29, 0.717) is 25.3 Å². The lowest BCUT2D eigenvalue weighted by Crippen LogP contribution is -2.33. The molecule has 2 atom stereocenters.